The second-order valence-electron chi connectivity index (χ2n) is 8.56. The largest absolute Gasteiger partial charge is 0.493 e. The Morgan fingerprint density at radius 2 is 1.70 bits per heavy atom. The minimum absolute atomic E-state index is 0.106. The van der Waals surface area contributed by atoms with Crippen molar-refractivity contribution in [2.24, 2.45) is 10.2 Å². The van der Waals surface area contributed by atoms with Crippen LogP contribution in [-0.4, -0.2) is 55.2 Å². The van der Waals surface area contributed by atoms with Crippen molar-refractivity contribution in [3.63, 3.8) is 0 Å². The lowest BCUT2D eigenvalue weighted by molar-refractivity contribution is -0.432. The highest BCUT2D eigenvalue weighted by atomic mass is 32.2. The van der Waals surface area contributed by atoms with Crippen molar-refractivity contribution in [3.8, 4) is 11.6 Å². The number of rotatable bonds is 14. The van der Waals surface area contributed by atoms with Crippen LogP contribution in [0.25, 0.3) is 11.1 Å². The molecule has 0 aliphatic carbocycles. The molecule has 0 bridgehead atoms. The fourth-order valence-electron chi connectivity index (χ4n) is 3.74. The second-order valence-corrected chi connectivity index (χ2v) is 11.5. The van der Waals surface area contributed by atoms with Gasteiger partial charge in [-0.05, 0) is 37.3 Å². The molecule has 2 aromatic heterocycles. The Labute approximate surface area is 263 Å². The maximum Gasteiger partial charge on any atom is 0.349 e. The zero-order valence-corrected chi connectivity index (χ0v) is 25.1. The number of oxazole rings is 1. The monoisotopic (exact) mass is 702 g/mol. The summed E-state index contributed by atoms with van der Waals surface area (Å²) in [4.78, 5) is 41.7. The van der Waals surface area contributed by atoms with E-state index in [-0.39, 0.29) is 32.2 Å². The molecule has 0 saturated carbocycles. The predicted octanol–water partition coefficient (Wildman–Crippen LogP) is 4.22. The van der Waals surface area contributed by atoms with Crippen LogP contribution in [0.2, 0.25) is 0 Å². The zero-order valence-electron chi connectivity index (χ0n) is 22.6. The number of ether oxygens (including phenoxy) is 1. The molecule has 0 spiro atoms. The Bertz CT molecular complexity index is 1970. The molecule has 2 heterocycles. The van der Waals surface area contributed by atoms with Gasteiger partial charge in [0.05, 0.1) is 35.4 Å². The van der Waals surface area contributed by atoms with Crippen LogP contribution in [0.15, 0.2) is 70.5 Å². The first kappa shape index (κ1) is 34.4. The standard InChI is InChI=1S/C23H18N4O16S3/c1-10-18(22(32)38-11-6-12(44-42-40-33)8-13(7-11)45-43-41-34)20(30)27(5-4-17(28)29)21(31)19(10)25-26-23-24-15-3-2-14(46(35,36)37)9-16(15)39-23/h2-3,6-9,31,33-34H,4-5H2,1H3,(H,28,29)(H,35,36,37). The summed E-state index contributed by atoms with van der Waals surface area (Å²) in [5.74, 6) is -3.73. The summed E-state index contributed by atoms with van der Waals surface area (Å²) in [6.07, 6.45) is -0.650. The third-order valence-electron chi connectivity index (χ3n) is 5.68. The number of benzene rings is 2. The quantitative estimate of drug-likeness (QED) is 0.0234. The molecule has 0 aliphatic heterocycles. The summed E-state index contributed by atoms with van der Waals surface area (Å²) < 4.78 is 52.1. The molecule has 0 radical (unpaired) electrons. The number of azo groups is 1. The van der Waals surface area contributed by atoms with Crippen molar-refractivity contribution in [1.29, 1.82) is 0 Å². The van der Waals surface area contributed by atoms with Crippen LogP contribution >= 0.6 is 24.1 Å². The third-order valence-corrected chi connectivity index (χ3v) is 7.64. The molecule has 20 nitrogen and oxygen atoms in total. The molecule has 0 atom stereocenters. The highest BCUT2D eigenvalue weighted by molar-refractivity contribution is 7.95. The van der Waals surface area contributed by atoms with Gasteiger partial charge in [-0.1, -0.05) is 15.2 Å². The fraction of sp³-hybridized carbons (Fsp3) is 0.130. The highest BCUT2D eigenvalue weighted by Crippen LogP contribution is 2.35. The summed E-state index contributed by atoms with van der Waals surface area (Å²) in [6, 6.07) is 6.58. The molecule has 0 aliphatic rings. The van der Waals surface area contributed by atoms with E-state index in [0.717, 1.165) is 12.1 Å². The number of aliphatic carboxylic acids is 1. The number of carboxylic acids is 1. The van der Waals surface area contributed by atoms with Crippen LogP contribution < -0.4 is 10.3 Å². The van der Waals surface area contributed by atoms with E-state index in [4.69, 9.17) is 24.8 Å². The second kappa shape index (κ2) is 14.8. The van der Waals surface area contributed by atoms with Crippen molar-refractivity contribution in [1.82, 2.24) is 9.55 Å². The van der Waals surface area contributed by atoms with E-state index in [1.165, 1.54) is 31.2 Å². The van der Waals surface area contributed by atoms with Crippen LogP contribution in [0.5, 0.6) is 11.6 Å². The van der Waals surface area contributed by atoms with Crippen molar-refractivity contribution < 1.29 is 71.2 Å². The zero-order chi connectivity index (χ0) is 33.6. The van der Waals surface area contributed by atoms with E-state index in [1.807, 2.05) is 0 Å². The molecule has 5 N–H and O–H groups in total. The summed E-state index contributed by atoms with van der Waals surface area (Å²) in [5.41, 5.74) is -2.57. The fourth-order valence-corrected chi connectivity index (χ4v) is 5.20. The molecule has 0 unspecified atom stereocenters. The highest BCUT2D eigenvalue weighted by Gasteiger charge is 2.26. The first-order valence-electron chi connectivity index (χ1n) is 12.0. The van der Waals surface area contributed by atoms with Gasteiger partial charge in [0, 0.05) is 28.0 Å². The molecule has 4 aromatic rings. The van der Waals surface area contributed by atoms with Crippen LogP contribution in [0, 0.1) is 6.92 Å². The van der Waals surface area contributed by atoms with Crippen molar-refractivity contribution in [2.75, 3.05) is 0 Å². The lowest BCUT2D eigenvalue weighted by atomic mass is 10.1. The van der Waals surface area contributed by atoms with Crippen molar-refractivity contribution in [2.45, 2.75) is 34.6 Å². The van der Waals surface area contributed by atoms with Crippen LogP contribution in [0.3, 0.4) is 0 Å². The number of carbonyl (C=O) groups excluding carboxylic acids is 1. The Morgan fingerprint density at radius 1 is 1.04 bits per heavy atom. The summed E-state index contributed by atoms with van der Waals surface area (Å²) in [6.45, 7) is 0.610. The van der Waals surface area contributed by atoms with Gasteiger partial charge >= 0.3 is 18.0 Å². The number of fused-ring (bicyclic) bond motifs is 1. The lowest BCUT2D eigenvalue weighted by Crippen LogP contribution is -2.30. The van der Waals surface area contributed by atoms with Gasteiger partial charge in [-0.2, -0.15) is 13.4 Å². The summed E-state index contributed by atoms with van der Waals surface area (Å²) in [5, 5.41) is 51.6. The molecular weight excluding hydrogens is 684 g/mol. The number of carboxylic acid groups (broad SMARTS) is 1. The number of hydrogen-bond acceptors (Lipinski definition) is 19. The molecule has 46 heavy (non-hydrogen) atoms. The molecule has 2 aromatic carbocycles. The third kappa shape index (κ3) is 8.23. The minimum atomic E-state index is -4.56. The Morgan fingerprint density at radius 3 is 2.28 bits per heavy atom. The van der Waals surface area contributed by atoms with Gasteiger partial charge in [-0.15, -0.1) is 13.8 Å². The number of pyridine rings is 1. The minimum Gasteiger partial charge on any atom is -0.493 e. The molecule has 23 heteroatoms. The normalized spacial score (nSPS) is 11.8. The summed E-state index contributed by atoms with van der Waals surface area (Å²) in [7, 11) is -4.56. The Kier molecular flexibility index (Phi) is 11.1. The maximum atomic E-state index is 13.4. The van der Waals surface area contributed by atoms with Crippen molar-refractivity contribution >= 4 is 68.9 Å². The van der Waals surface area contributed by atoms with Gasteiger partial charge in [-0.3, -0.25) is 18.7 Å². The van der Waals surface area contributed by atoms with E-state index in [1.54, 1.807) is 0 Å². The SMILES string of the molecule is Cc1c(N=Nc2nc3ccc(S(=O)(=O)O)cc3o2)c(O)n(CCC(=O)O)c(=O)c1C(=O)Oc1cc(SOOO)cc(SOOO)c1. The van der Waals surface area contributed by atoms with E-state index in [0.29, 0.717) is 28.7 Å². The van der Waals surface area contributed by atoms with E-state index < -0.39 is 68.6 Å². The number of nitrogens with zero attached hydrogens (tertiary/aromatic N) is 4. The first-order chi connectivity index (χ1) is 21.8. The van der Waals surface area contributed by atoms with Gasteiger partial charge in [-0.25, -0.2) is 15.3 Å². The van der Waals surface area contributed by atoms with Gasteiger partial charge in [0.15, 0.2) is 5.58 Å². The average molecular weight is 703 g/mol. The van der Waals surface area contributed by atoms with Crippen LogP contribution in [0.4, 0.5) is 11.7 Å². The van der Waals surface area contributed by atoms with Gasteiger partial charge in [0.2, 0.25) is 5.88 Å². The van der Waals surface area contributed by atoms with E-state index >= 15 is 0 Å². The molecule has 0 amide bonds. The van der Waals surface area contributed by atoms with Gasteiger partial charge < -0.3 is 19.4 Å². The van der Waals surface area contributed by atoms with E-state index in [9.17, 15) is 32.5 Å². The number of aromatic hydroxyl groups is 1. The number of carbonyl (C=O) groups is 2. The topological polar surface area (TPSA) is 288 Å². The van der Waals surface area contributed by atoms with Crippen LogP contribution in [0.1, 0.15) is 22.3 Å². The van der Waals surface area contributed by atoms with Crippen molar-refractivity contribution in [3.05, 3.63) is 57.9 Å². The average Bonchev–Trinajstić information content (AvgIpc) is 3.40. The lowest BCUT2D eigenvalue weighted by Gasteiger charge is -2.15. The number of esters is 1. The molecular formula is C23H18N4O16S3. The Balaban J connectivity index is 1.76. The van der Waals surface area contributed by atoms with Crippen LogP contribution in [-0.2, 0) is 40.2 Å². The smallest absolute Gasteiger partial charge is 0.349 e. The molecule has 244 valence electrons. The number of hydrogen-bond donors (Lipinski definition) is 5. The first-order valence-corrected chi connectivity index (χ1v) is 14.9. The maximum absolute atomic E-state index is 13.4. The summed E-state index contributed by atoms with van der Waals surface area (Å²) >= 11 is 0.921. The van der Waals surface area contributed by atoms with Gasteiger partial charge in [0.1, 0.15) is 22.5 Å². The van der Waals surface area contributed by atoms with E-state index in [2.05, 4.69) is 34.0 Å². The molecule has 0 saturated heterocycles. The number of aromatic nitrogens is 2. The molecule has 4 rings (SSSR count). The Hall–Kier alpha value is -4.43. The van der Waals surface area contributed by atoms with Gasteiger partial charge in [0.25, 0.3) is 15.7 Å². The molecule has 0 fully saturated rings. The predicted molar refractivity (Wildman–Crippen MR) is 150 cm³/mol.